The van der Waals surface area contributed by atoms with Gasteiger partial charge in [0.05, 0.1) is 0 Å². The number of carbonyl (C=O) groups excluding carboxylic acids is 1. The Bertz CT molecular complexity index is 305. The first kappa shape index (κ1) is 10.3. The zero-order valence-electron chi connectivity index (χ0n) is 7.88. The maximum absolute atomic E-state index is 10.7. The van der Waals surface area contributed by atoms with Gasteiger partial charge in [0.1, 0.15) is 6.29 Å². The lowest BCUT2D eigenvalue weighted by Gasteiger charge is -2.17. The van der Waals surface area contributed by atoms with E-state index in [9.17, 15) is 4.79 Å². The molecule has 0 N–H and O–H groups in total. The minimum Gasteiger partial charge on any atom is -0.303 e. The van der Waals surface area contributed by atoms with Crippen molar-refractivity contribution >= 4 is 17.9 Å². The third-order valence-corrected chi connectivity index (χ3v) is 2.29. The molecule has 70 valence electrons. The van der Waals surface area contributed by atoms with Crippen LogP contribution in [0.4, 0.5) is 0 Å². The largest absolute Gasteiger partial charge is 0.303 e. The van der Waals surface area contributed by atoms with E-state index >= 15 is 0 Å². The van der Waals surface area contributed by atoms with Crippen molar-refractivity contribution in [2.75, 3.05) is 0 Å². The molecule has 0 saturated carbocycles. The number of carbonyl (C=O) groups is 1. The summed E-state index contributed by atoms with van der Waals surface area (Å²) in [5, 5.41) is 0.734. The van der Waals surface area contributed by atoms with Crippen molar-refractivity contribution in [1.82, 2.24) is 0 Å². The molecule has 2 heteroatoms. The van der Waals surface area contributed by atoms with Crippen molar-refractivity contribution in [3.63, 3.8) is 0 Å². The Kier molecular flexibility index (Phi) is 3.10. The monoisotopic (exact) mass is 196 g/mol. The minimum absolute atomic E-state index is 0.328. The van der Waals surface area contributed by atoms with Gasteiger partial charge in [-0.2, -0.15) is 0 Å². The van der Waals surface area contributed by atoms with Crippen LogP contribution in [0.1, 0.15) is 19.4 Å². The zero-order chi connectivity index (χ0) is 9.90. The summed E-state index contributed by atoms with van der Waals surface area (Å²) in [4.78, 5) is 10.7. The molecule has 1 nitrogen and oxygen atoms in total. The molecule has 0 unspecified atom stereocenters. The molecule has 0 bridgehead atoms. The molecule has 1 aromatic carbocycles. The van der Waals surface area contributed by atoms with E-state index in [0.29, 0.717) is 6.42 Å². The normalized spacial score (nSPS) is 11.3. The van der Waals surface area contributed by atoms with E-state index in [1.54, 1.807) is 0 Å². The lowest BCUT2D eigenvalue weighted by atomic mass is 9.87. The fraction of sp³-hybridized carbons (Fsp3) is 0.364. The molecule has 0 amide bonds. The third kappa shape index (κ3) is 2.85. The highest BCUT2D eigenvalue weighted by Crippen LogP contribution is 2.24. The predicted molar refractivity (Wildman–Crippen MR) is 55.0 cm³/mol. The highest BCUT2D eigenvalue weighted by atomic mass is 35.5. The number of halogens is 1. The standard InChI is InChI=1S/C11H13ClO/c1-11(2,8-13)7-9-5-3-4-6-10(9)12/h3-6,8H,7H2,1-2H3. The van der Waals surface area contributed by atoms with Crippen LogP contribution in [0.15, 0.2) is 24.3 Å². The molecule has 1 rings (SSSR count). The zero-order valence-corrected chi connectivity index (χ0v) is 8.64. The summed E-state index contributed by atoms with van der Waals surface area (Å²) >= 11 is 5.97. The van der Waals surface area contributed by atoms with Gasteiger partial charge in [-0.3, -0.25) is 0 Å². The molecule has 0 saturated heterocycles. The summed E-state index contributed by atoms with van der Waals surface area (Å²) in [5.74, 6) is 0. The molecule has 0 spiro atoms. The van der Waals surface area contributed by atoms with Crippen LogP contribution in [-0.4, -0.2) is 6.29 Å². The smallest absolute Gasteiger partial charge is 0.125 e. The Morgan fingerprint density at radius 3 is 2.54 bits per heavy atom. The summed E-state index contributed by atoms with van der Waals surface area (Å²) in [6.45, 7) is 3.81. The molecule has 0 aliphatic heterocycles. The van der Waals surface area contributed by atoms with Gasteiger partial charge in [-0.25, -0.2) is 0 Å². The van der Waals surface area contributed by atoms with Crippen LogP contribution in [0.3, 0.4) is 0 Å². The van der Waals surface area contributed by atoms with Crippen LogP contribution in [0, 0.1) is 5.41 Å². The quantitative estimate of drug-likeness (QED) is 0.679. The molecule has 0 fully saturated rings. The molecular formula is C11H13ClO. The lowest BCUT2D eigenvalue weighted by molar-refractivity contribution is -0.114. The van der Waals surface area contributed by atoms with Gasteiger partial charge < -0.3 is 4.79 Å². The topological polar surface area (TPSA) is 17.1 Å². The van der Waals surface area contributed by atoms with E-state index in [1.165, 1.54) is 0 Å². The summed E-state index contributed by atoms with van der Waals surface area (Å²) in [7, 11) is 0. The molecule has 13 heavy (non-hydrogen) atoms. The van der Waals surface area contributed by atoms with Gasteiger partial charge in [0.25, 0.3) is 0 Å². The first-order valence-electron chi connectivity index (χ1n) is 4.25. The van der Waals surface area contributed by atoms with Crippen molar-refractivity contribution in [1.29, 1.82) is 0 Å². The van der Waals surface area contributed by atoms with Gasteiger partial charge in [-0.1, -0.05) is 43.6 Å². The fourth-order valence-corrected chi connectivity index (χ4v) is 1.38. The summed E-state index contributed by atoms with van der Waals surface area (Å²) < 4.78 is 0. The first-order valence-corrected chi connectivity index (χ1v) is 4.63. The van der Waals surface area contributed by atoms with E-state index in [4.69, 9.17) is 11.6 Å². The maximum Gasteiger partial charge on any atom is 0.125 e. The first-order chi connectivity index (χ1) is 6.05. The van der Waals surface area contributed by atoms with Gasteiger partial charge in [0.2, 0.25) is 0 Å². The van der Waals surface area contributed by atoms with Crippen molar-refractivity contribution in [2.24, 2.45) is 5.41 Å². The summed E-state index contributed by atoms with van der Waals surface area (Å²) in [5.41, 5.74) is 0.701. The molecule has 0 radical (unpaired) electrons. The predicted octanol–water partition coefficient (Wildman–Crippen LogP) is 3.11. The van der Waals surface area contributed by atoms with Crippen LogP contribution in [-0.2, 0) is 11.2 Å². The average molecular weight is 197 g/mol. The lowest BCUT2D eigenvalue weighted by Crippen LogP contribution is -2.16. The highest BCUT2D eigenvalue weighted by molar-refractivity contribution is 6.31. The van der Waals surface area contributed by atoms with E-state index in [0.717, 1.165) is 16.9 Å². The molecule has 1 aromatic rings. The molecule has 0 atom stereocenters. The van der Waals surface area contributed by atoms with Crippen molar-refractivity contribution in [3.05, 3.63) is 34.9 Å². The molecular weight excluding hydrogens is 184 g/mol. The van der Waals surface area contributed by atoms with Crippen LogP contribution in [0.2, 0.25) is 5.02 Å². The maximum atomic E-state index is 10.7. The molecule has 0 aliphatic rings. The Labute approximate surface area is 83.7 Å². The highest BCUT2D eigenvalue weighted by Gasteiger charge is 2.18. The van der Waals surface area contributed by atoms with Crippen molar-refractivity contribution in [3.8, 4) is 0 Å². The minimum atomic E-state index is -0.328. The molecule has 0 aliphatic carbocycles. The van der Waals surface area contributed by atoms with Gasteiger partial charge in [0, 0.05) is 10.4 Å². The summed E-state index contributed by atoms with van der Waals surface area (Å²) in [6, 6.07) is 7.62. The average Bonchev–Trinajstić information content (AvgIpc) is 2.09. The van der Waals surface area contributed by atoms with Crippen LogP contribution < -0.4 is 0 Å². The van der Waals surface area contributed by atoms with Crippen molar-refractivity contribution < 1.29 is 4.79 Å². The second-order valence-corrected chi connectivity index (χ2v) is 4.28. The third-order valence-electron chi connectivity index (χ3n) is 1.92. The number of benzene rings is 1. The fourth-order valence-electron chi connectivity index (χ4n) is 1.17. The Hall–Kier alpha value is -0.820. The number of aldehydes is 1. The van der Waals surface area contributed by atoms with Gasteiger partial charge in [0.15, 0.2) is 0 Å². The van der Waals surface area contributed by atoms with Crippen LogP contribution >= 0.6 is 11.6 Å². The number of hydrogen-bond acceptors (Lipinski definition) is 1. The number of hydrogen-bond donors (Lipinski definition) is 0. The Balaban J connectivity index is 2.86. The Morgan fingerprint density at radius 2 is 2.00 bits per heavy atom. The summed E-state index contributed by atoms with van der Waals surface area (Å²) in [6.07, 6.45) is 1.66. The molecule has 0 heterocycles. The van der Waals surface area contributed by atoms with Gasteiger partial charge >= 0.3 is 0 Å². The van der Waals surface area contributed by atoms with Gasteiger partial charge in [-0.15, -0.1) is 0 Å². The van der Waals surface area contributed by atoms with E-state index in [1.807, 2.05) is 38.1 Å². The number of rotatable bonds is 3. The van der Waals surface area contributed by atoms with Crippen LogP contribution in [0.5, 0.6) is 0 Å². The van der Waals surface area contributed by atoms with Crippen molar-refractivity contribution in [2.45, 2.75) is 20.3 Å². The van der Waals surface area contributed by atoms with Crippen LogP contribution in [0.25, 0.3) is 0 Å². The van der Waals surface area contributed by atoms with E-state index in [2.05, 4.69) is 0 Å². The van der Waals surface area contributed by atoms with Gasteiger partial charge in [-0.05, 0) is 18.1 Å². The Morgan fingerprint density at radius 1 is 1.38 bits per heavy atom. The molecule has 0 aromatic heterocycles. The second-order valence-electron chi connectivity index (χ2n) is 3.87. The van der Waals surface area contributed by atoms with E-state index < -0.39 is 0 Å². The van der Waals surface area contributed by atoms with E-state index in [-0.39, 0.29) is 5.41 Å². The SMILES string of the molecule is CC(C)(C=O)Cc1ccccc1Cl. The second kappa shape index (κ2) is 3.93.